The van der Waals surface area contributed by atoms with Gasteiger partial charge in [0.2, 0.25) is 5.91 Å². The molecule has 0 aliphatic heterocycles. The predicted octanol–water partition coefficient (Wildman–Crippen LogP) is 3.74. The first-order valence-corrected chi connectivity index (χ1v) is 9.53. The molecule has 0 bridgehead atoms. The second kappa shape index (κ2) is 8.46. The molecule has 0 atom stereocenters. The highest BCUT2D eigenvalue weighted by atomic mass is 16.2. The van der Waals surface area contributed by atoms with Gasteiger partial charge in [0.15, 0.2) is 0 Å². The molecule has 0 aliphatic carbocycles. The Hall–Kier alpha value is -4.17. The van der Waals surface area contributed by atoms with Gasteiger partial charge in [0, 0.05) is 22.2 Å². The fourth-order valence-electron chi connectivity index (χ4n) is 3.19. The molecule has 0 saturated heterocycles. The van der Waals surface area contributed by atoms with Crippen molar-refractivity contribution in [2.75, 3.05) is 5.32 Å². The molecule has 5 heteroatoms. The van der Waals surface area contributed by atoms with Crippen LogP contribution in [0, 0.1) is 18.8 Å². The van der Waals surface area contributed by atoms with Crippen LogP contribution in [0.2, 0.25) is 0 Å². The van der Waals surface area contributed by atoms with E-state index in [9.17, 15) is 9.59 Å². The van der Waals surface area contributed by atoms with Gasteiger partial charge in [0.25, 0.3) is 5.56 Å². The highest BCUT2D eigenvalue weighted by Gasteiger charge is 2.11. The summed E-state index contributed by atoms with van der Waals surface area (Å²) in [7, 11) is 0. The van der Waals surface area contributed by atoms with Gasteiger partial charge in [-0.2, -0.15) is 5.10 Å². The van der Waals surface area contributed by atoms with E-state index in [1.807, 2.05) is 61.5 Å². The van der Waals surface area contributed by atoms with E-state index >= 15 is 0 Å². The number of carbonyl (C=O) groups excluding carboxylic acids is 1. The standard InChI is InChI=1S/C25H19N3O2/c1-18-22-12-5-6-13-23(22)25(30)28(27-18)17-24(29)26-21-11-7-10-20(16-21)15-14-19-8-3-2-4-9-19/h2-13,16H,17H2,1H3,(H,26,29). The summed E-state index contributed by atoms with van der Waals surface area (Å²) in [4.78, 5) is 25.2. The van der Waals surface area contributed by atoms with Crippen LogP contribution >= 0.6 is 0 Å². The third-order valence-corrected chi connectivity index (χ3v) is 4.62. The summed E-state index contributed by atoms with van der Waals surface area (Å²) >= 11 is 0. The number of fused-ring (bicyclic) bond motifs is 1. The van der Waals surface area contributed by atoms with Crippen LogP contribution in [0.3, 0.4) is 0 Å². The number of rotatable bonds is 3. The highest BCUT2D eigenvalue weighted by Crippen LogP contribution is 2.13. The molecule has 5 nitrogen and oxygen atoms in total. The number of carbonyl (C=O) groups is 1. The number of anilines is 1. The van der Waals surface area contributed by atoms with Crippen molar-refractivity contribution in [3.63, 3.8) is 0 Å². The molecule has 0 radical (unpaired) electrons. The minimum absolute atomic E-state index is 0.162. The lowest BCUT2D eigenvalue weighted by Gasteiger charge is -2.09. The minimum atomic E-state index is -0.326. The fraction of sp³-hybridized carbons (Fsp3) is 0.0800. The Kier molecular flexibility index (Phi) is 5.40. The van der Waals surface area contributed by atoms with Gasteiger partial charge < -0.3 is 5.32 Å². The number of nitrogens with zero attached hydrogens (tertiary/aromatic N) is 2. The Morgan fingerprint density at radius 1 is 0.900 bits per heavy atom. The Bertz CT molecular complexity index is 1350. The fourth-order valence-corrected chi connectivity index (χ4v) is 3.19. The van der Waals surface area contributed by atoms with Crippen LogP contribution < -0.4 is 10.9 Å². The number of amides is 1. The van der Waals surface area contributed by atoms with Crippen LogP contribution in [0.25, 0.3) is 10.8 Å². The summed E-state index contributed by atoms with van der Waals surface area (Å²) < 4.78 is 1.20. The molecule has 0 fully saturated rings. The SMILES string of the molecule is Cc1nn(CC(=O)Nc2cccc(C#Cc3ccccc3)c2)c(=O)c2ccccc12. The molecule has 1 heterocycles. The molecule has 0 unspecified atom stereocenters. The van der Waals surface area contributed by atoms with E-state index in [1.165, 1.54) is 4.68 Å². The molecule has 146 valence electrons. The zero-order valence-corrected chi connectivity index (χ0v) is 16.4. The van der Waals surface area contributed by atoms with Crippen LogP contribution in [0.15, 0.2) is 83.7 Å². The van der Waals surface area contributed by atoms with E-state index in [4.69, 9.17) is 0 Å². The van der Waals surface area contributed by atoms with Gasteiger partial charge in [-0.15, -0.1) is 0 Å². The van der Waals surface area contributed by atoms with E-state index in [0.29, 0.717) is 16.8 Å². The van der Waals surface area contributed by atoms with Gasteiger partial charge in [-0.05, 0) is 43.3 Å². The molecule has 4 aromatic rings. The van der Waals surface area contributed by atoms with Crippen LogP contribution in [0.1, 0.15) is 16.8 Å². The summed E-state index contributed by atoms with van der Waals surface area (Å²) in [5, 5.41) is 8.45. The van der Waals surface area contributed by atoms with E-state index in [-0.39, 0.29) is 18.0 Å². The third kappa shape index (κ3) is 4.29. The predicted molar refractivity (Wildman–Crippen MR) is 118 cm³/mol. The van der Waals surface area contributed by atoms with E-state index in [1.54, 1.807) is 24.3 Å². The zero-order valence-electron chi connectivity index (χ0n) is 16.4. The monoisotopic (exact) mass is 393 g/mol. The van der Waals surface area contributed by atoms with Crippen LogP contribution in [-0.4, -0.2) is 15.7 Å². The molecule has 1 amide bonds. The molecular weight excluding hydrogens is 374 g/mol. The van der Waals surface area contributed by atoms with Crippen molar-refractivity contribution >= 4 is 22.4 Å². The molecule has 1 N–H and O–H groups in total. The van der Waals surface area contributed by atoms with Crippen molar-refractivity contribution in [2.45, 2.75) is 13.5 Å². The average Bonchev–Trinajstić information content (AvgIpc) is 2.77. The number of aromatic nitrogens is 2. The van der Waals surface area contributed by atoms with Crippen LogP contribution in [0.5, 0.6) is 0 Å². The molecule has 0 aliphatic rings. The smallest absolute Gasteiger partial charge is 0.275 e. The van der Waals surface area contributed by atoms with Gasteiger partial charge in [-0.25, -0.2) is 4.68 Å². The van der Waals surface area contributed by atoms with Gasteiger partial charge in [0.05, 0.1) is 11.1 Å². The van der Waals surface area contributed by atoms with E-state index < -0.39 is 0 Å². The van der Waals surface area contributed by atoms with Crippen molar-refractivity contribution in [1.29, 1.82) is 0 Å². The lowest BCUT2D eigenvalue weighted by Crippen LogP contribution is -2.30. The largest absolute Gasteiger partial charge is 0.324 e. The number of aryl methyl sites for hydroxylation is 1. The molecule has 30 heavy (non-hydrogen) atoms. The van der Waals surface area contributed by atoms with Gasteiger partial charge in [0.1, 0.15) is 6.54 Å². The topological polar surface area (TPSA) is 64.0 Å². The van der Waals surface area contributed by atoms with Crippen LogP contribution in [0.4, 0.5) is 5.69 Å². The van der Waals surface area contributed by atoms with Gasteiger partial charge in [-0.1, -0.05) is 54.3 Å². The Balaban J connectivity index is 1.51. The van der Waals surface area contributed by atoms with Crippen molar-refractivity contribution in [3.05, 3.63) is 106 Å². The van der Waals surface area contributed by atoms with Crippen molar-refractivity contribution in [2.24, 2.45) is 0 Å². The Morgan fingerprint density at radius 3 is 2.37 bits per heavy atom. The summed E-state index contributed by atoms with van der Waals surface area (Å²) in [6, 6.07) is 24.2. The highest BCUT2D eigenvalue weighted by molar-refractivity contribution is 5.91. The number of hydrogen-bond donors (Lipinski definition) is 1. The molecule has 4 rings (SSSR count). The van der Waals surface area contributed by atoms with Crippen molar-refractivity contribution in [3.8, 4) is 11.8 Å². The second-order valence-electron chi connectivity index (χ2n) is 6.84. The van der Waals surface area contributed by atoms with Crippen molar-refractivity contribution < 1.29 is 4.79 Å². The van der Waals surface area contributed by atoms with Crippen LogP contribution in [-0.2, 0) is 11.3 Å². The molecule has 0 saturated carbocycles. The maximum absolute atomic E-state index is 12.6. The van der Waals surface area contributed by atoms with E-state index in [2.05, 4.69) is 22.3 Å². The lowest BCUT2D eigenvalue weighted by molar-refractivity contribution is -0.117. The number of benzene rings is 3. The van der Waals surface area contributed by atoms with Crippen molar-refractivity contribution in [1.82, 2.24) is 9.78 Å². The Morgan fingerprint density at radius 2 is 1.57 bits per heavy atom. The molecule has 1 aromatic heterocycles. The normalized spacial score (nSPS) is 10.3. The Labute approximate surface area is 174 Å². The lowest BCUT2D eigenvalue weighted by atomic mass is 10.1. The maximum Gasteiger partial charge on any atom is 0.275 e. The zero-order chi connectivity index (χ0) is 20.9. The number of nitrogens with one attached hydrogen (secondary N) is 1. The first-order valence-electron chi connectivity index (χ1n) is 9.53. The van der Waals surface area contributed by atoms with E-state index in [0.717, 1.165) is 16.5 Å². The average molecular weight is 393 g/mol. The van der Waals surface area contributed by atoms with Gasteiger partial charge >= 0.3 is 0 Å². The molecular formula is C25H19N3O2. The molecule has 3 aromatic carbocycles. The summed E-state index contributed by atoms with van der Waals surface area (Å²) in [5.74, 6) is 5.86. The quantitative estimate of drug-likeness (QED) is 0.539. The first-order chi connectivity index (χ1) is 14.6. The summed E-state index contributed by atoms with van der Waals surface area (Å²) in [6.07, 6.45) is 0. The third-order valence-electron chi connectivity index (χ3n) is 4.62. The maximum atomic E-state index is 12.6. The van der Waals surface area contributed by atoms with Gasteiger partial charge in [-0.3, -0.25) is 9.59 Å². The number of hydrogen-bond acceptors (Lipinski definition) is 3. The molecule has 0 spiro atoms. The first kappa shape index (κ1) is 19.2. The minimum Gasteiger partial charge on any atom is -0.324 e. The second-order valence-corrected chi connectivity index (χ2v) is 6.84. The summed E-state index contributed by atoms with van der Waals surface area (Å²) in [6.45, 7) is 1.66. The summed E-state index contributed by atoms with van der Waals surface area (Å²) in [5.41, 5.74) is 2.74.